The van der Waals surface area contributed by atoms with Crippen LogP contribution in [0.15, 0.2) is 35.4 Å². The van der Waals surface area contributed by atoms with Crippen LogP contribution in [0.1, 0.15) is 28.4 Å². The molecule has 0 radical (unpaired) electrons. The van der Waals surface area contributed by atoms with Gasteiger partial charge in [-0.2, -0.15) is 0 Å². The monoisotopic (exact) mass is 449 g/mol. The molecule has 1 N–H and O–H groups in total. The fraction of sp³-hybridized carbons (Fsp3) is 0.455. The molecule has 3 rings (SSSR count). The molecule has 0 saturated carbocycles. The van der Waals surface area contributed by atoms with Crippen molar-refractivity contribution in [2.75, 3.05) is 44.1 Å². The first-order chi connectivity index (χ1) is 14.5. The van der Waals surface area contributed by atoms with Crippen molar-refractivity contribution in [2.24, 2.45) is 0 Å². The number of rotatable bonds is 8. The molecule has 1 fully saturated rings. The van der Waals surface area contributed by atoms with Crippen LogP contribution < -0.4 is 10.2 Å². The number of hydrogen-bond donors (Lipinski definition) is 1. The molecule has 8 heteroatoms. The van der Waals surface area contributed by atoms with Gasteiger partial charge in [0.05, 0.1) is 24.9 Å². The summed E-state index contributed by atoms with van der Waals surface area (Å²) in [5.74, 6) is 1.60. The van der Waals surface area contributed by atoms with Crippen molar-refractivity contribution < 1.29 is 14.3 Å². The first kappa shape index (κ1) is 22.9. The number of methoxy groups -OCH3 is 1. The fourth-order valence-electron chi connectivity index (χ4n) is 3.39. The Morgan fingerprint density at radius 2 is 2.17 bits per heavy atom. The third-order valence-corrected chi connectivity index (χ3v) is 5.97. The average Bonchev–Trinajstić information content (AvgIpc) is 2.73. The molecule has 2 heterocycles. The number of carbonyl (C=O) groups is 1. The van der Waals surface area contributed by atoms with Crippen molar-refractivity contribution in [3.63, 3.8) is 0 Å². The van der Waals surface area contributed by atoms with Crippen molar-refractivity contribution in [1.29, 1.82) is 0 Å². The van der Waals surface area contributed by atoms with Crippen LogP contribution in [-0.2, 0) is 16.0 Å². The highest BCUT2D eigenvalue weighted by atomic mass is 35.5. The SMILES string of the molecule is CCSc1nc(N2CCO[C@@H](COC)C2)cc(C)c1C(=O)NCc1ccc(Cl)cc1. The van der Waals surface area contributed by atoms with Gasteiger partial charge in [0.25, 0.3) is 5.91 Å². The molecule has 2 aromatic rings. The topological polar surface area (TPSA) is 63.7 Å². The van der Waals surface area contributed by atoms with Crippen LogP contribution in [0.4, 0.5) is 5.82 Å². The molecule has 0 bridgehead atoms. The average molecular weight is 450 g/mol. The van der Waals surface area contributed by atoms with E-state index in [2.05, 4.69) is 17.1 Å². The van der Waals surface area contributed by atoms with Crippen LogP contribution >= 0.6 is 23.4 Å². The van der Waals surface area contributed by atoms with Gasteiger partial charge in [-0.3, -0.25) is 4.79 Å². The van der Waals surface area contributed by atoms with Crippen LogP contribution in [0.5, 0.6) is 0 Å². The van der Waals surface area contributed by atoms with E-state index in [0.717, 1.165) is 40.8 Å². The number of ether oxygens (including phenoxy) is 2. The standard InChI is InChI=1S/C22H28ClN3O3S/c1-4-30-22-20(21(27)24-12-16-5-7-17(23)8-6-16)15(2)11-19(25-22)26-9-10-29-18(13-26)14-28-3/h5-8,11,18H,4,9-10,12-14H2,1-3H3,(H,24,27)/t18-/m1/s1. The maximum atomic E-state index is 13.0. The van der Waals surface area contributed by atoms with E-state index >= 15 is 0 Å². The van der Waals surface area contributed by atoms with Crippen LogP contribution in [0, 0.1) is 6.92 Å². The van der Waals surface area contributed by atoms with Crippen LogP contribution in [0.25, 0.3) is 0 Å². The summed E-state index contributed by atoms with van der Waals surface area (Å²) >= 11 is 7.52. The molecule has 162 valence electrons. The Hall–Kier alpha value is -1.80. The number of morpholine rings is 1. The summed E-state index contributed by atoms with van der Waals surface area (Å²) in [6.45, 7) is 7.15. The minimum Gasteiger partial charge on any atom is -0.382 e. The lowest BCUT2D eigenvalue weighted by Crippen LogP contribution is -2.44. The van der Waals surface area contributed by atoms with E-state index in [1.807, 2.05) is 37.3 Å². The smallest absolute Gasteiger partial charge is 0.254 e. The number of anilines is 1. The van der Waals surface area contributed by atoms with E-state index in [0.29, 0.717) is 30.3 Å². The van der Waals surface area contributed by atoms with Gasteiger partial charge < -0.3 is 19.7 Å². The highest BCUT2D eigenvalue weighted by molar-refractivity contribution is 7.99. The number of benzene rings is 1. The quantitative estimate of drug-likeness (QED) is 0.616. The number of nitrogens with zero attached hydrogens (tertiary/aromatic N) is 2. The molecule has 1 aromatic heterocycles. The molecule has 1 atom stereocenters. The highest BCUT2D eigenvalue weighted by Gasteiger charge is 2.24. The van der Waals surface area contributed by atoms with Crippen LogP contribution in [0.2, 0.25) is 5.02 Å². The number of hydrogen-bond acceptors (Lipinski definition) is 6. The molecule has 1 amide bonds. The molecular weight excluding hydrogens is 422 g/mol. The summed E-state index contributed by atoms with van der Waals surface area (Å²) in [5.41, 5.74) is 2.55. The van der Waals surface area contributed by atoms with Crippen molar-refractivity contribution >= 4 is 35.1 Å². The van der Waals surface area contributed by atoms with Gasteiger partial charge in [-0.1, -0.05) is 30.7 Å². The number of amides is 1. The summed E-state index contributed by atoms with van der Waals surface area (Å²) in [6, 6.07) is 9.46. The number of aryl methyl sites for hydroxylation is 1. The van der Waals surface area contributed by atoms with Gasteiger partial charge >= 0.3 is 0 Å². The zero-order valence-corrected chi connectivity index (χ0v) is 19.2. The van der Waals surface area contributed by atoms with Gasteiger partial charge in [0.2, 0.25) is 0 Å². The van der Waals surface area contributed by atoms with Crippen molar-refractivity contribution in [2.45, 2.75) is 31.5 Å². The maximum Gasteiger partial charge on any atom is 0.254 e. The second-order valence-electron chi connectivity index (χ2n) is 7.11. The maximum absolute atomic E-state index is 13.0. The number of halogens is 1. The third-order valence-electron chi connectivity index (χ3n) is 4.86. The summed E-state index contributed by atoms with van der Waals surface area (Å²) in [6.07, 6.45) is 0.0236. The Bertz CT molecular complexity index is 861. The molecule has 0 spiro atoms. The van der Waals surface area contributed by atoms with Gasteiger partial charge in [0.1, 0.15) is 10.8 Å². The lowest BCUT2D eigenvalue weighted by Gasteiger charge is -2.34. The fourth-order valence-corrected chi connectivity index (χ4v) is 4.35. The first-order valence-electron chi connectivity index (χ1n) is 10.0. The van der Waals surface area contributed by atoms with Crippen molar-refractivity contribution in [3.8, 4) is 0 Å². The Balaban J connectivity index is 1.78. The van der Waals surface area contributed by atoms with Gasteiger partial charge in [-0.25, -0.2) is 4.98 Å². The van der Waals surface area contributed by atoms with Crippen molar-refractivity contribution in [1.82, 2.24) is 10.3 Å². The Kier molecular flexibility index (Phi) is 8.39. The minimum atomic E-state index is -0.114. The van der Waals surface area contributed by atoms with Crippen LogP contribution in [-0.4, -0.2) is 56.2 Å². The summed E-state index contributed by atoms with van der Waals surface area (Å²) < 4.78 is 11.0. The first-order valence-corrected chi connectivity index (χ1v) is 11.4. The molecule has 0 aliphatic carbocycles. The van der Waals surface area contributed by atoms with E-state index in [1.54, 1.807) is 18.9 Å². The van der Waals surface area contributed by atoms with Gasteiger partial charge in [0, 0.05) is 31.8 Å². The summed E-state index contributed by atoms with van der Waals surface area (Å²) in [5, 5.41) is 4.45. The van der Waals surface area contributed by atoms with E-state index in [-0.39, 0.29) is 12.0 Å². The third kappa shape index (κ3) is 5.88. The number of nitrogens with one attached hydrogen (secondary N) is 1. The highest BCUT2D eigenvalue weighted by Crippen LogP contribution is 2.28. The molecule has 1 aromatic carbocycles. The number of pyridine rings is 1. The van der Waals surface area contributed by atoms with E-state index in [4.69, 9.17) is 26.1 Å². The van der Waals surface area contributed by atoms with E-state index < -0.39 is 0 Å². The second kappa shape index (κ2) is 11.0. The predicted octanol–water partition coefficient (Wildman–Crippen LogP) is 3.94. The van der Waals surface area contributed by atoms with Gasteiger partial charge in [0.15, 0.2) is 0 Å². The van der Waals surface area contributed by atoms with E-state index in [1.165, 1.54) is 0 Å². The molecular formula is C22H28ClN3O3S. The van der Waals surface area contributed by atoms with Gasteiger partial charge in [-0.15, -0.1) is 11.8 Å². The minimum absolute atomic E-state index is 0.0236. The lowest BCUT2D eigenvalue weighted by molar-refractivity contribution is -0.0102. The summed E-state index contributed by atoms with van der Waals surface area (Å²) in [7, 11) is 1.68. The molecule has 0 unspecified atom stereocenters. The second-order valence-corrected chi connectivity index (χ2v) is 8.80. The van der Waals surface area contributed by atoms with E-state index in [9.17, 15) is 4.79 Å². The molecule has 1 aliphatic rings. The predicted molar refractivity (Wildman–Crippen MR) is 122 cm³/mol. The largest absolute Gasteiger partial charge is 0.382 e. The normalized spacial score (nSPS) is 16.5. The Labute approximate surface area is 187 Å². The number of aromatic nitrogens is 1. The molecule has 1 aliphatic heterocycles. The van der Waals surface area contributed by atoms with Gasteiger partial charge in [-0.05, 0) is 42.0 Å². The zero-order valence-electron chi connectivity index (χ0n) is 17.6. The Morgan fingerprint density at radius 1 is 1.40 bits per heavy atom. The van der Waals surface area contributed by atoms with Crippen molar-refractivity contribution in [3.05, 3.63) is 52.0 Å². The lowest BCUT2D eigenvalue weighted by atomic mass is 10.1. The zero-order chi connectivity index (χ0) is 21.5. The Morgan fingerprint density at radius 3 is 2.87 bits per heavy atom. The number of thioether (sulfide) groups is 1. The van der Waals surface area contributed by atoms with Crippen LogP contribution in [0.3, 0.4) is 0 Å². The molecule has 6 nitrogen and oxygen atoms in total. The summed E-state index contributed by atoms with van der Waals surface area (Å²) in [4.78, 5) is 20.0. The molecule has 30 heavy (non-hydrogen) atoms. The molecule has 1 saturated heterocycles. The number of carbonyl (C=O) groups excluding carboxylic acids is 1.